The van der Waals surface area contributed by atoms with Crippen molar-refractivity contribution in [1.29, 1.82) is 0 Å². The summed E-state index contributed by atoms with van der Waals surface area (Å²) in [4.78, 5) is 28.3. The largest absolute Gasteiger partial charge is 0.483 e. The number of benzene rings is 1. The molecule has 0 radical (unpaired) electrons. The van der Waals surface area contributed by atoms with Crippen molar-refractivity contribution in [2.75, 3.05) is 0 Å². The number of hydrogen-bond acceptors (Lipinski definition) is 6. The van der Waals surface area contributed by atoms with Gasteiger partial charge in [-0.05, 0) is 12.1 Å². The van der Waals surface area contributed by atoms with Crippen molar-refractivity contribution in [1.82, 2.24) is 0 Å². The van der Waals surface area contributed by atoms with Gasteiger partial charge in [-0.3, -0.25) is 30.3 Å². The van der Waals surface area contributed by atoms with Gasteiger partial charge in [-0.15, -0.1) is 0 Å². The topological polar surface area (TPSA) is 129 Å². The fourth-order valence-electron chi connectivity index (χ4n) is 1.20. The molecule has 0 saturated heterocycles. The maximum atomic E-state index is 10.6. The van der Waals surface area contributed by atoms with Crippen LogP contribution in [0.2, 0.25) is 5.02 Å². The van der Waals surface area contributed by atoms with Crippen LogP contribution in [0.25, 0.3) is 0 Å². The van der Waals surface area contributed by atoms with Crippen molar-refractivity contribution < 1.29 is 14.8 Å². The fourth-order valence-corrected chi connectivity index (χ4v) is 1.38. The van der Waals surface area contributed by atoms with Gasteiger partial charge in [0.25, 0.3) is 5.69 Å². The first-order valence-corrected chi connectivity index (χ1v) is 4.43. The Bertz CT molecular complexity index is 490. The lowest BCUT2D eigenvalue weighted by molar-refractivity contribution is -0.753. The second-order valence-corrected chi connectivity index (χ2v) is 3.34. The minimum absolute atomic E-state index is 0.0562. The average Bonchev–Trinajstić information content (AvgIpc) is 2.15. The predicted octanol–water partition coefficient (Wildman–Crippen LogP) is 1.80. The van der Waals surface area contributed by atoms with Gasteiger partial charge < -0.3 is 0 Å². The SMILES string of the molecule is O=[N+]([O-])c1ccc(Cl)cc1C([N+](=O)[O-])[N+](=O)[O-]. The van der Waals surface area contributed by atoms with E-state index in [9.17, 15) is 30.3 Å². The van der Waals surface area contributed by atoms with Crippen molar-refractivity contribution in [2.24, 2.45) is 0 Å². The quantitative estimate of drug-likeness (QED) is 0.461. The van der Waals surface area contributed by atoms with Crippen LogP contribution in [0, 0.1) is 30.3 Å². The first-order valence-electron chi connectivity index (χ1n) is 4.05. The molecule has 0 N–H and O–H groups in total. The Kier molecular flexibility index (Phi) is 3.53. The number of rotatable bonds is 4. The third-order valence-corrected chi connectivity index (χ3v) is 2.10. The molecule has 0 aromatic heterocycles. The van der Waals surface area contributed by atoms with Gasteiger partial charge in [-0.2, -0.15) is 0 Å². The molecule has 0 unspecified atom stereocenters. The number of nitro groups is 3. The van der Waals surface area contributed by atoms with Crippen molar-refractivity contribution >= 4 is 17.3 Å². The van der Waals surface area contributed by atoms with E-state index < -0.39 is 32.2 Å². The summed E-state index contributed by atoms with van der Waals surface area (Å²) < 4.78 is 0. The lowest BCUT2D eigenvalue weighted by atomic mass is 10.1. The second kappa shape index (κ2) is 4.70. The summed E-state index contributed by atoms with van der Waals surface area (Å²) in [6, 6.07) is 2.85. The molecule has 0 aliphatic rings. The van der Waals surface area contributed by atoms with Gasteiger partial charge in [0.05, 0.1) is 4.92 Å². The molecular weight excluding hydrogens is 258 g/mol. The van der Waals surface area contributed by atoms with E-state index >= 15 is 0 Å². The molecule has 1 aromatic carbocycles. The average molecular weight is 262 g/mol. The normalized spacial score (nSPS) is 10.2. The Morgan fingerprint density at radius 3 is 2.00 bits per heavy atom. The van der Waals surface area contributed by atoms with Crippen LogP contribution in [0.3, 0.4) is 0 Å². The van der Waals surface area contributed by atoms with Crippen LogP contribution in [0.1, 0.15) is 11.7 Å². The molecule has 9 nitrogen and oxygen atoms in total. The Morgan fingerprint density at radius 1 is 1.06 bits per heavy atom. The predicted molar refractivity (Wildman–Crippen MR) is 54.8 cm³/mol. The maximum absolute atomic E-state index is 10.6. The van der Waals surface area contributed by atoms with E-state index in [-0.39, 0.29) is 5.02 Å². The summed E-state index contributed by atoms with van der Waals surface area (Å²) in [5.74, 6) is 0. The van der Waals surface area contributed by atoms with Gasteiger partial charge in [-0.1, -0.05) is 11.6 Å². The molecule has 90 valence electrons. The molecule has 1 aromatic rings. The Labute approximate surface area is 98.1 Å². The highest BCUT2D eigenvalue weighted by molar-refractivity contribution is 6.30. The number of hydrogen-bond donors (Lipinski definition) is 0. The molecule has 0 saturated carbocycles. The zero-order chi connectivity index (χ0) is 13.2. The van der Waals surface area contributed by atoms with E-state index in [1.165, 1.54) is 0 Å². The molecular formula is C7H4ClN3O6. The van der Waals surface area contributed by atoms with Crippen LogP contribution < -0.4 is 0 Å². The van der Waals surface area contributed by atoms with Gasteiger partial charge in [-0.25, -0.2) is 0 Å². The Balaban J connectivity index is 3.45. The van der Waals surface area contributed by atoms with Gasteiger partial charge >= 0.3 is 6.17 Å². The van der Waals surface area contributed by atoms with E-state index in [2.05, 4.69) is 0 Å². The van der Waals surface area contributed by atoms with Gasteiger partial charge in [0.15, 0.2) is 5.56 Å². The Morgan fingerprint density at radius 2 is 1.59 bits per heavy atom. The molecule has 0 spiro atoms. The highest BCUT2D eigenvalue weighted by Crippen LogP contribution is 2.30. The monoisotopic (exact) mass is 261 g/mol. The van der Waals surface area contributed by atoms with E-state index in [1.54, 1.807) is 0 Å². The van der Waals surface area contributed by atoms with Crippen molar-refractivity contribution in [3.8, 4) is 0 Å². The summed E-state index contributed by atoms with van der Waals surface area (Å²) in [6.45, 7) is 0. The van der Waals surface area contributed by atoms with Crippen molar-refractivity contribution in [2.45, 2.75) is 6.17 Å². The first-order chi connectivity index (χ1) is 7.84. The number of nitrogens with zero attached hydrogens (tertiary/aromatic N) is 3. The molecule has 0 atom stereocenters. The molecule has 17 heavy (non-hydrogen) atoms. The third-order valence-electron chi connectivity index (χ3n) is 1.86. The van der Waals surface area contributed by atoms with Gasteiger partial charge in [0.1, 0.15) is 9.85 Å². The van der Waals surface area contributed by atoms with E-state index in [4.69, 9.17) is 11.6 Å². The lowest BCUT2D eigenvalue weighted by Crippen LogP contribution is -2.20. The molecule has 0 aliphatic carbocycles. The maximum Gasteiger partial charge on any atom is 0.483 e. The molecule has 0 fully saturated rings. The van der Waals surface area contributed by atoms with E-state index in [1.807, 2.05) is 0 Å². The molecule has 0 amide bonds. The summed E-state index contributed by atoms with van der Waals surface area (Å²) in [5, 5.41) is 31.6. The van der Waals surface area contributed by atoms with Crippen LogP contribution >= 0.6 is 11.6 Å². The summed E-state index contributed by atoms with van der Waals surface area (Å²) in [7, 11) is 0. The highest BCUT2D eigenvalue weighted by atomic mass is 35.5. The molecule has 1 rings (SSSR count). The summed E-state index contributed by atoms with van der Waals surface area (Å²) in [6.07, 6.45) is -2.41. The van der Waals surface area contributed by atoms with Crippen LogP contribution in [0.15, 0.2) is 18.2 Å². The van der Waals surface area contributed by atoms with Gasteiger partial charge in [0, 0.05) is 11.1 Å². The smallest absolute Gasteiger partial charge is 0.258 e. The van der Waals surface area contributed by atoms with Crippen LogP contribution in [-0.4, -0.2) is 14.8 Å². The number of nitro benzene ring substituents is 1. The standard InChI is InChI=1S/C7H4ClN3O6/c8-4-1-2-6(9(12)13)5(3-4)7(10(14)15)11(16)17/h1-3,7H. The molecule has 0 bridgehead atoms. The van der Waals surface area contributed by atoms with Crippen molar-refractivity contribution in [3.63, 3.8) is 0 Å². The third kappa shape index (κ3) is 2.64. The zero-order valence-corrected chi connectivity index (χ0v) is 8.73. The zero-order valence-electron chi connectivity index (χ0n) is 7.98. The van der Waals surface area contributed by atoms with Crippen LogP contribution in [0.4, 0.5) is 5.69 Å². The summed E-state index contributed by atoms with van der Waals surface area (Å²) in [5.41, 5.74) is -1.37. The lowest BCUT2D eigenvalue weighted by Gasteiger charge is -2.03. The fraction of sp³-hybridized carbons (Fsp3) is 0.143. The van der Waals surface area contributed by atoms with E-state index in [0.717, 1.165) is 18.2 Å². The second-order valence-electron chi connectivity index (χ2n) is 2.90. The van der Waals surface area contributed by atoms with Crippen LogP contribution in [0.5, 0.6) is 0 Å². The molecule has 0 aliphatic heterocycles. The van der Waals surface area contributed by atoms with Gasteiger partial charge in [0.2, 0.25) is 0 Å². The minimum atomic E-state index is -2.41. The van der Waals surface area contributed by atoms with Crippen LogP contribution in [-0.2, 0) is 0 Å². The first kappa shape index (κ1) is 12.8. The Hall–Kier alpha value is -2.29. The molecule has 10 heteroatoms. The highest BCUT2D eigenvalue weighted by Gasteiger charge is 2.41. The number of halogens is 1. The molecule has 0 heterocycles. The minimum Gasteiger partial charge on any atom is -0.258 e. The van der Waals surface area contributed by atoms with Crippen molar-refractivity contribution in [3.05, 3.63) is 59.1 Å². The summed E-state index contributed by atoms with van der Waals surface area (Å²) >= 11 is 5.51. The van der Waals surface area contributed by atoms with E-state index in [0.29, 0.717) is 0 Å².